The molecular weight excluding hydrogens is 196 g/mol. The first-order valence-electron chi connectivity index (χ1n) is 5.86. The van der Waals surface area contributed by atoms with Crippen LogP contribution in [0.1, 0.15) is 51.9 Å². The van der Waals surface area contributed by atoms with Crippen LogP contribution in [0.4, 0.5) is 0 Å². The number of Topliss-reactive ketones (excluding diaryl/α,β-unsaturated/α-hetero) is 1. The standard InChI is InChI=1S/C12H21ClO/c1-2-11(12(14)9-13)8-10-6-4-3-5-7-10/h10-11H,2-9H2,1H3. The van der Waals surface area contributed by atoms with Gasteiger partial charge in [-0.15, -0.1) is 11.6 Å². The lowest BCUT2D eigenvalue weighted by atomic mass is 9.81. The summed E-state index contributed by atoms with van der Waals surface area (Å²) < 4.78 is 0. The van der Waals surface area contributed by atoms with Crippen molar-refractivity contribution in [1.82, 2.24) is 0 Å². The fraction of sp³-hybridized carbons (Fsp3) is 0.917. The Labute approximate surface area is 92.2 Å². The summed E-state index contributed by atoms with van der Waals surface area (Å²) in [5, 5.41) is 0. The van der Waals surface area contributed by atoms with E-state index in [1.165, 1.54) is 32.1 Å². The summed E-state index contributed by atoms with van der Waals surface area (Å²) in [6.45, 7) is 2.10. The lowest BCUT2D eigenvalue weighted by Crippen LogP contribution is -2.20. The zero-order valence-electron chi connectivity index (χ0n) is 9.10. The number of hydrogen-bond donors (Lipinski definition) is 0. The van der Waals surface area contributed by atoms with Crippen molar-refractivity contribution in [3.05, 3.63) is 0 Å². The molecule has 1 saturated carbocycles. The summed E-state index contributed by atoms with van der Waals surface area (Å²) in [7, 11) is 0. The van der Waals surface area contributed by atoms with Gasteiger partial charge < -0.3 is 0 Å². The first kappa shape index (κ1) is 12.0. The van der Waals surface area contributed by atoms with Crippen molar-refractivity contribution in [1.29, 1.82) is 0 Å². The summed E-state index contributed by atoms with van der Waals surface area (Å²) in [6.07, 6.45) is 8.80. The van der Waals surface area contributed by atoms with Crippen molar-refractivity contribution in [2.75, 3.05) is 5.88 Å². The van der Waals surface area contributed by atoms with Gasteiger partial charge in [0.25, 0.3) is 0 Å². The van der Waals surface area contributed by atoms with Gasteiger partial charge in [0.15, 0.2) is 5.78 Å². The normalized spacial score (nSPS) is 20.7. The van der Waals surface area contributed by atoms with Crippen LogP contribution in [0.5, 0.6) is 0 Å². The van der Waals surface area contributed by atoms with Crippen molar-refractivity contribution in [2.45, 2.75) is 51.9 Å². The molecule has 0 aromatic rings. The SMILES string of the molecule is CCC(CC1CCCCC1)C(=O)CCl. The minimum Gasteiger partial charge on any atom is -0.298 e. The molecular formula is C12H21ClO. The van der Waals surface area contributed by atoms with Gasteiger partial charge in [-0.1, -0.05) is 39.0 Å². The molecule has 0 radical (unpaired) electrons. The van der Waals surface area contributed by atoms with Crippen molar-refractivity contribution < 1.29 is 4.79 Å². The number of rotatable bonds is 5. The first-order chi connectivity index (χ1) is 6.77. The summed E-state index contributed by atoms with van der Waals surface area (Å²) in [6, 6.07) is 0. The highest BCUT2D eigenvalue weighted by atomic mass is 35.5. The fourth-order valence-electron chi connectivity index (χ4n) is 2.46. The maximum absolute atomic E-state index is 11.5. The highest BCUT2D eigenvalue weighted by molar-refractivity contribution is 6.27. The zero-order chi connectivity index (χ0) is 10.4. The molecule has 0 spiro atoms. The lowest BCUT2D eigenvalue weighted by molar-refractivity contribution is -0.121. The molecule has 82 valence electrons. The van der Waals surface area contributed by atoms with Crippen LogP contribution in [0.2, 0.25) is 0 Å². The molecule has 1 fully saturated rings. The van der Waals surface area contributed by atoms with Crippen molar-refractivity contribution >= 4 is 17.4 Å². The quantitative estimate of drug-likeness (QED) is 0.639. The molecule has 0 amide bonds. The molecule has 2 heteroatoms. The fourth-order valence-corrected chi connectivity index (χ4v) is 2.68. The largest absolute Gasteiger partial charge is 0.298 e. The number of hydrogen-bond acceptors (Lipinski definition) is 1. The first-order valence-corrected chi connectivity index (χ1v) is 6.40. The van der Waals surface area contributed by atoms with E-state index in [1.807, 2.05) is 0 Å². The Kier molecular flexibility index (Phi) is 5.54. The highest BCUT2D eigenvalue weighted by Crippen LogP contribution is 2.30. The van der Waals surface area contributed by atoms with Crippen molar-refractivity contribution in [2.24, 2.45) is 11.8 Å². The molecule has 0 saturated heterocycles. The maximum Gasteiger partial charge on any atom is 0.150 e. The van der Waals surface area contributed by atoms with Crippen LogP contribution < -0.4 is 0 Å². The second kappa shape index (κ2) is 6.44. The number of carbonyl (C=O) groups excluding carboxylic acids is 1. The van der Waals surface area contributed by atoms with E-state index in [-0.39, 0.29) is 17.6 Å². The van der Waals surface area contributed by atoms with Gasteiger partial charge in [0.2, 0.25) is 0 Å². The smallest absolute Gasteiger partial charge is 0.150 e. The van der Waals surface area contributed by atoms with E-state index in [4.69, 9.17) is 11.6 Å². The Balaban J connectivity index is 2.34. The van der Waals surface area contributed by atoms with Crippen LogP contribution >= 0.6 is 11.6 Å². The maximum atomic E-state index is 11.5. The van der Waals surface area contributed by atoms with Gasteiger partial charge in [0.1, 0.15) is 0 Å². The summed E-state index contributed by atoms with van der Waals surface area (Å²) in [5.74, 6) is 1.47. The molecule has 1 nitrogen and oxygen atoms in total. The topological polar surface area (TPSA) is 17.1 Å². The number of halogens is 1. The van der Waals surface area contributed by atoms with E-state index >= 15 is 0 Å². The summed E-state index contributed by atoms with van der Waals surface area (Å²) in [4.78, 5) is 11.5. The second-order valence-electron chi connectivity index (χ2n) is 4.44. The van der Waals surface area contributed by atoms with Crippen LogP contribution in [0.3, 0.4) is 0 Å². The lowest BCUT2D eigenvalue weighted by Gasteiger charge is -2.24. The van der Waals surface area contributed by atoms with Gasteiger partial charge >= 0.3 is 0 Å². The predicted molar refractivity (Wildman–Crippen MR) is 60.7 cm³/mol. The van der Waals surface area contributed by atoms with Crippen LogP contribution in [-0.2, 0) is 4.79 Å². The molecule has 1 rings (SSSR count). The molecule has 0 aliphatic heterocycles. The third-order valence-corrected chi connectivity index (χ3v) is 3.69. The third kappa shape index (κ3) is 3.61. The molecule has 0 aromatic carbocycles. The molecule has 0 heterocycles. The highest BCUT2D eigenvalue weighted by Gasteiger charge is 2.21. The van der Waals surface area contributed by atoms with Gasteiger partial charge in [-0.3, -0.25) is 4.79 Å². The van der Waals surface area contributed by atoms with Crippen LogP contribution in [0.15, 0.2) is 0 Å². The molecule has 0 aromatic heterocycles. The average molecular weight is 217 g/mol. The summed E-state index contributed by atoms with van der Waals surface area (Å²) in [5.41, 5.74) is 0. The zero-order valence-corrected chi connectivity index (χ0v) is 9.85. The van der Waals surface area contributed by atoms with E-state index in [0.717, 1.165) is 18.8 Å². The van der Waals surface area contributed by atoms with Gasteiger partial charge in [0, 0.05) is 5.92 Å². The Morgan fingerprint density at radius 1 is 1.36 bits per heavy atom. The van der Waals surface area contributed by atoms with Crippen LogP contribution in [0.25, 0.3) is 0 Å². The molecule has 0 N–H and O–H groups in total. The Hall–Kier alpha value is -0.0400. The van der Waals surface area contributed by atoms with E-state index in [2.05, 4.69) is 6.92 Å². The molecule has 1 atom stereocenters. The molecule has 0 bridgehead atoms. The predicted octanol–water partition coefficient (Wildman–Crippen LogP) is 3.79. The summed E-state index contributed by atoms with van der Waals surface area (Å²) >= 11 is 5.59. The minimum absolute atomic E-state index is 0.200. The van der Waals surface area contributed by atoms with E-state index in [9.17, 15) is 4.79 Å². The van der Waals surface area contributed by atoms with Crippen molar-refractivity contribution in [3.8, 4) is 0 Å². The van der Waals surface area contributed by atoms with E-state index < -0.39 is 0 Å². The van der Waals surface area contributed by atoms with Gasteiger partial charge in [0.05, 0.1) is 5.88 Å². The molecule has 1 unspecified atom stereocenters. The number of ketones is 1. The van der Waals surface area contributed by atoms with Crippen LogP contribution in [0, 0.1) is 11.8 Å². The third-order valence-electron chi connectivity index (χ3n) is 3.42. The Morgan fingerprint density at radius 3 is 2.50 bits per heavy atom. The molecule has 1 aliphatic rings. The van der Waals surface area contributed by atoms with Gasteiger partial charge in [-0.25, -0.2) is 0 Å². The Morgan fingerprint density at radius 2 is 2.00 bits per heavy atom. The average Bonchev–Trinajstić information content (AvgIpc) is 2.26. The number of alkyl halides is 1. The van der Waals surface area contributed by atoms with Crippen LogP contribution in [-0.4, -0.2) is 11.7 Å². The molecule has 14 heavy (non-hydrogen) atoms. The minimum atomic E-state index is 0.200. The second-order valence-corrected chi connectivity index (χ2v) is 4.71. The van der Waals surface area contributed by atoms with E-state index in [1.54, 1.807) is 0 Å². The molecule has 1 aliphatic carbocycles. The Bertz CT molecular complexity index is 173. The number of carbonyl (C=O) groups is 1. The monoisotopic (exact) mass is 216 g/mol. The van der Waals surface area contributed by atoms with Gasteiger partial charge in [-0.2, -0.15) is 0 Å². The van der Waals surface area contributed by atoms with Crippen molar-refractivity contribution in [3.63, 3.8) is 0 Å². The van der Waals surface area contributed by atoms with Gasteiger partial charge in [-0.05, 0) is 18.8 Å². The van der Waals surface area contributed by atoms with E-state index in [0.29, 0.717) is 0 Å².